The number of carbonyl (C=O) groups is 1. The molecule has 2 unspecified atom stereocenters. The number of methoxy groups -OCH3 is 1. The molecule has 0 bridgehead atoms. The number of hydrogen-bond donors (Lipinski definition) is 4. The topological polar surface area (TPSA) is 93.8 Å². The number of hydrogen-bond acceptors (Lipinski definition) is 6. The highest BCUT2D eigenvalue weighted by Crippen LogP contribution is 2.39. The van der Waals surface area contributed by atoms with Gasteiger partial charge in [0.2, 0.25) is 0 Å². The summed E-state index contributed by atoms with van der Waals surface area (Å²) in [4.78, 5) is 20.9. The van der Waals surface area contributed by atoms with E-state index in [-0.39, 0.29) is 17.3 Å². The molecule has 202 valence electrons. The zero-order valence-corrected chi connectivity index (χ0v) is 22.8. The first-order valence-electron chi connectivity index (χ1n) is 12.1. The quantitative estimate of drug-likeness (QED) is 0.431. The summed E-state index contributed by atoms with van der Waals surface area (Å²) >= 11 is 0. The lowest BCUT2D eigenvalue weighted by atomic mass is 9.91. The highest BCUT2D eigenvalue weighted by atomic mass is 31.1. The number of amides is 1. The third kappa shape index (κ3) is 5.63. The summed E-state index contributed by atoms with van der Waals surface area (Å²) in [5.74, 6) is 0. The van der Waals surface area contributed by atoms with Crippen molar-refractivity contribution in [1.29, 1.82) is 0 Å². The van der Waals surface area contributed by atoms with E-state index in [9.17, 15) is 18.0 Å². The monoisotopic (exact) mass is 538 g/mol. The average Bonchev–Trinajstić information content (AvgIpc) is 3.27. The number of benzene rings is 1. The number of aliphatic imine (C=N–C) groups is 1. The van der Waals surface area contributed by atoms with Crippen LogP contribution < -0.4 is 26.2 Å². The fraction of sp³-hybridized carbons (Fsp3) is 0.520. The van der Waals surface area contributed by atoms with Gasteiger partial charge < -0.3 is 20.4 Å². The molecule has 2 aromatic rings. The highest BCUT2D eigenvalue weighted by molar-refractivity contribution is 7.65. The normalized spacial score (nSPS) is 21.9. The summed E-state index contributed by atoms with van der Waals surface area (Å²) in [6.07, 6.45) is -1.47. The first-order chi connectivity index (χ1) is 17.3. The van der Waals surface area contributed by atoms with Crippen LogP contribution in [0.15, 0.2) is 28.9 Å². The Hall–Kier alpha value is -2.62. The Morgan fingerprint density at radius 2 is 2.03 bits per heavy atom. The van der Waals surface area contributed by atoms with Gasteiger partial charge in [0.1, 0.15) is 0 Å². The first-order valence-corrected chi connectivity index (χ1v) is 14.3. The van der Waals surface area contributed by atoms with E-state index >= 15 is 0 Å². The Balaban J connectivity index is 1.72. The molecule has 1 saturated heterocycles. The van der Waals surface area contributed by atoms with E-state index in [0.717, 1.165) is 24.4 Å². The molecular weight excluding hydrogens is 504 g/mol. The van der Waals surface area contributed by atoms with Gasteiger partial charge in [-0.1, -0.05) is 14.0 Å². The number of aromatic nitrogens is 1. The van der Waals surface area contributed by atoms with Gasteiger partial charge in [0, 0.05) is 53.8 Å². The predicted molar refractivity (Wildman–Crippen MR) is 144 cm³/mol. The Morgan fingerprint density at radius 3 is 2.62 bits per heavy atom. The lowest BCUT2D eigenvalue weighted by Gasteiger charge is -2.38. The number of H-pyrrole nitrogens is 1. The lowest BCUT2D eigenvalue weighted by molar-refractivity contribution is -0.0855. The van der Waals surface area contributed by atoms with Gasteiger partial charge in [0.05, 0.1) is 29.6 Å². The molecular formula is C25H34F3N6O2P. The van der Waals surface area contributed by atoms with E-state index in [1.165, 1.54) is 12.0 Å². The van der Waals surface area contributed by atoms with Gasteiger partial charge in [0.25, 0.3) is 0 Å². The SMILES string of the molecule is COC(=O)N(C)c1ccc2c(C3=C(C(F)(F)F)C=NC(NC4CCC(C)(C)NC4)N3)c[nH]c2c1P(C)C. The standard InChI is InChI=1S/C25H34F3N6O2P/c1-24(2)10-9-14(11-31-24)32-22-30-13-17(25(26,27)28)19(33-22)16-12-29-20-15(16)7-8-18(21(20)37(5)6)34(3)23(35)36-4/h7-8,12-14,22,29,31-33H,9-11H2,1-6H3. The second-order valence-electron chi connectivity index (χ2n) is 10.3. The van der Waals surface area contributed by atoms with Gasteiger partial charge >= 0.3 is 12.3 Å². The molecule has 1 aromatic carbocycles. The maximum atomic E-state index is 14.1. The van der Waals surface area contributed by atoms with E-state index in [4.69, 9.17) is 4.74 Å². The number of ether oxygens (including phenoxy) is 1. The van der Waals surface area contributed by atoms with E-state index in [1.54, 1.807) is 25.4 Å². The van der Waals surface area contributed by atoms with E-state index in [1.807, 2.05) is 13.3 Å². The Labute approximate surface area is 215 Å². The molecule has 0 spiro atoms. The van der Waals surface area contributed by atoms with Crippen molar-refractivity contribution in [3.63, 3.8) is 0 Å². The maximum Gasteiger partial charge on any atom is 0.419 e. The molecule has 1 fully saturated rings. The molecule has 37 heavy (non-hydrogen) atoms. The Kier molecular flexibility index (Phi) is 7.61. The van der Waals surface area contributed by atoms with Crippen molar-refractivity contribution in [2.24, 2.45) is 4.99 Å². The van der Waals surface area contributed by atoms with Crippen molar-refractivity contribution < 1.29 is 22.7 Å². The molecule has 0 aliphatic carbocycles. The van der Waals surface area contributed by atoms with Crippen molar-refractivity contribution in [1.82, 2.24) is 20.9 Å². The minimum Gasteiger partial charge on any atom is -0.452 e. The van der Waals surface area contributed by atoms with Crippen LogP contribution in [0.4, 0.5) is 23.7 Å². The van der Waals surface area contributed by atoms with Crippen LogP contribution in [-0.2, 0) is 4.74 Å². The Morgan fingerprint density at radius 1 is 1.30 bits per heavy atom. The molecule has 4 rings (SSSR count). The minimum absolute atomic E-state index is 0.0353. The molecule has 3 heterocycles. The predicted octanol–water partition coefficient (Wildman–Crippen LogP) is 4.09. The lowest BCUT2D eigenvalue weighted by Crippen LogP contribution is -2.57. The number of aromatic amines is 1. The summed E-state index contributed by atoms with van der Waals surface area (Å²) in [6, 6.07) is 3.57. The number of rotatable bonds is 5. The van der Waals surface area contributed by atoms with Gasteiger partial charge in [-0.2, -0.15) is 13.2 Å². The van der Waals surface area contributed by atoms with Crippen molar-refractivity contribution in [3.8, 4) is 0 Å². The summed E-state index contributed by atoms with van der Waals surface area (Å²) in [5.41, 5.74) is 0.916. The summed E-state index contributed by atoms with van der Waals surface area (Å²) in [6.45, 7) is 9.04. The van der Waals surface area contributed by atoms with Crippen LogP contribution in [0.5, 0.6) is 0 Å². The third-order valence-electron chi connectivity index (χ3n) is 6.88. The fourth-order valence-corrected chi connectivity index (χ4v) is 6.13. The zero-order valence-electron chi connectivity index (χ0n) is 21.9. The number of alkyl halides is 3. The van der Waals surface area contributed by atoms with Crippen molar-refractivity contribution in [2.45, 2.75) is 50.7 Å². The van der Waals surface area contributed by atoms with Crippen molar-refractivity contribution in [3.05, 3.63) is 29.5 Å². The third-order valence-corrected chi connectivity index (χ3v) is 8.23. The number of anilines is 1. The van der Waals surface area contributed by atoms with Gasteiger partial charge in [-0.15, -0.1) is 0 Å². The number of fused-ring (bicyclic) bond motifs is 1. The average molecular weight is 539 g/mol. The smallest absolute Gasteiger partial charge is 0.419 e. The van der Waals surface area contributed by atoms with Gasteiger partial charge in [-0.05, 0) is 46.1 Å². The molecule has 8 nitrogen and oxygen atoms in total. The number of nitrogens with zero attached hydrogens (tertiary/aromatic N) is 2. The maximum absolute atomic E-state index is 14.1. The van der Waals surface area contributed by atoms with Crippen molar-refractivity contribution in [2.75, 3.05) is 38.9 Å². The van der Waals surface area contributed by atoms with E-state index in [2.05, 4.69) is 39.8 Å². The molecule has 2 atom stereocenters. The fourth-order valence-electron chi connectivity index (χ4n) is 4.82. The molecule has 2 aliphatic heterocycles. The summed E-state index contributed by atoms with van der Waals surface area (Å²) in [5, 5.41) is 11.3. The van der Waals surface area contributed by atoms with Crippen LogP contribution in [-0.4, -0.2) is 75.4 Å². The van der Waals surface area contributed by atoms with Gasteiger partial charge in [-0.3, -0.25) is 15.2 Å². The molecule has 4 N–H and O–H groups in total. The first kappa shape index (κ1) is 27.4. The van der Waals surface area contributed by atoms with E-state index < -0.39 is 32.1 Å². The molecule has 1 aromatic heterocycles. The largest absolute Gasteiger partial charge is 0.452 e. The Bertz CT molecular complexity index is 1230. The van der Waals surface area contributed by atoms with Crippen LogP contribution >= 0.6 is 7.92 Å². The van der Waals surface area contributed by atoms with Crippen LogP contribution in [0.1, 0.15) is 32.3 Å². The second-order valence-corrected chi connectivity index (χ2v) is 12.5. The molecule has 2 aliphatic rings. The van der Waals surface area contributed by atoms with Crippen LogP contribution in [0.3, 0.4) is 0 Å². The second kappa shape index (κ2) is 10.3. The molecule has 0 radical (unpaired) electrons. The zero-order chi connectivity index (χ0) is 27.1. The number of allylic oxidation sites excluding steroid dienone is 1. The number of nitrogens with one attached hydrogen (secondary N) is 4. The van der Waals surface area contributed by atoms with Gasteiger partial charge in [-0.25, -0.2) is 4.79 Å². The number of piperidine rings is 1. The molecule has 1 amide bonds. The van der Waals surface area contributed by atoms with Crippen LogP contribution in [0.2, 0.25) is 0 Å². The number of halogens is 3. The number of carbonyl (C=O) groups excluding carboxylic acids is 1. The van der Waals surface area contributed by atoms with Crippen LogP contribution in [0, 0.1) is 0 Å². The van der Waals surface area contributed by atoms with Gasteiger partial charge in [0.15, 0.2) is 6.29 Å². The van der Waals surface area contributed by atoms with Crippen molar-refractivity contribution >= 4 is 47.8 Å². The minimum atomic E-state index is -4.59. The molecule has 0 saturated carbocycles. The summed E-state index contributed by atoms with van der Waals surface area (Å²) < 4.78 is 47.1. The molecule has 12 heteroatoms. The van der Waals surface area contributed by atoms with E-state index in [0.29, 0.717) is 28.7 Å². The summed E-state index contributed by atoms with van der Waals surface area (Å²) in [7, 11) is 2.19. The van der Waals surface area contributed by atoms with Crippen LogP contribution in [0.25, 0.3) is 16.6 Å². The highest BCUT2D eigenvalue weighted by Gasteiger charge is 2.39.